The minimum absolute atomic E-state index is 0.192. The summed E-state index contributed by atoms with van der Waals surface area (Å²) in [5, 5.41) is 5.84. The quantitative estimate of drug-likeness (QED) is 0.668. The van der Waals surface area contributed by atoms with Crippen molar-refractivity contribution in [3.8, 4) is 11.4 Å². The van der Waals surface area contributed by atoms with Crippen LogP contribution in [-0.4, -0.2) is 17.7 Å². The monoisotopic (exact) mass is 377 g/mol. The molecule has 0 bridgehead atoms. The number of rotatable bonds is 6. The predicted molar refractivity (Wildman–Crippen MR) is 112 cm³/mol. The number of carbonyl (C=O) groups is 1. The van der Waals surface area contributed by atoms with E-state index in [4.69, 9.17) is 4.74 Å². The molecule has 0 aliphatic carbocycles. The Labute approximate surface area is 166 Å². The zero-order valence-corrected chi connectivity index (χ0v) is 16.9. The number of benzene rings is 2. The van der Waals surface area contributed by atoms with Crippen LogP contribution in [-0.2, 0) is 13.1 Å². The molecule has 0 atom stereocenters. The maximum absolute atomic E-state index is 12.2. The van der Waals surface area contributed by atoms with Gasteiger partial charge < -0.3 is 19.9 Å². The summed E-state index contributed by atoms with van der Waals surface area (Å²) in [4.78, 5) is 12.2. The van der Waals surface area contributed by atoms with Crippen LogP contribution < -0.4 is 15.4 Å². The highest BCUT2D eigenvalue weighted by Crippen LogP contribution is 2.21. The first-order chi connectivity index (χ1) is 13.5. The first kappa shape index (κ1) is 19.5. The standard InChI is InChI=1S/C23H27N3O2/c1-16-7-5-9-21(11-16)26-17(2)12-20(18(26)3)15-25-23(27)24-14-19-8-6-10-22(13-19)28-4/h5-13H,14-15H2,1-4H3,(H2,24,25,27). The summed E-state index contributed by atoms with van der Waals surface area (Å²) >= 11 is 0. The molecular weight excluding hydrogens is 350 g/mol. The number of nitrogens with one attached hydrogen (secondary N) is 2. The van der Waals surface area contributed by atoms with Gasteiger partial charge in [0.1, 0.15) is 5.75 Å². The number of nitrogens with zero attached hydrogens (tertiary/aromatic N) is 1. The van der Waals surface area contributed by atoms with Crippen LogP contribution in [0.2, 0.25) is 0 Å². The molecule has 2 N–H and O–H groups in total. The average molecular weight is 377 g/mol. The molecule has 1 heterocycles. The smallest absolute Gasteiger partial charge is 0.315 e. The van der Waals surface area contributed by atoms with Gasteiger partial charge in [-0.3, -0.25) is 0 Å². The van der Waals surface area contributed by atoms with E-state index in [0.717, 1.165) is 34.0 Å². The molecule has 0 unspecified atom stereocenters. The van der Waals surface area contributed by atoms with Crippen LogP contribution in [0.25, 0.3) is 5.69 Å². The van der Waals surface area contributed by atoms with Crippen LogP contribution in [0.1, 0.15) is 28.1 Å². The number of ether oxygens (including phenoxy) is 1. The van der Waals surface area contributed by atoms with Gasteiger partial charge in [0.15, 0.2) is 0 Å². The molecule has 0 fully saturated rings. The van der Waals surface area contributed by atoms with Crippen LogP contribution in [0.3, 0.4) is 0 Å². The molecule has 146 valence electrons. The molecule has 0 aliphatic heterocycles. The summed E-state index contributed by atoms with van der Waals surface area (Å²) in [6.07, 6.45) is 0. The lowest BCUT2D eigenvalue weighted by Gasteiger charge is -2.11. The first-order valence-electron chi connectivity index (χ1n) is 9.37. The average Bonchev–Trinajstić information content (AvgIpc) is 2.98. The van der Waals surface area contributed by atoms with Crippen molar-refractivity contribution in [2.45, 2.75) is 33.9 Å². The van der Waals surface area contributed by atoms with Crippen molar-refractivity contribution in [3.63, 3.8) is 0 Å². The van der Waals surface area contributed by atoms with E-state index in [-0.39, 0.29) is 6.03 Å². The zero-order chi connectivity index (χ0) is 20.1. The summed E-state index contributed by atoms with van der Waals surface area (Å²) in [5.41, 5.74) is 6.75. The summed E-state index contributed by atoms with van der Waals surface area (Å²) in [6, 6.07) is 18.0. The molecule has 1 aromatic heterocycles. The second kappa shape index (κ2) is 8.65. The molecule has 3 aromatic rings. The van der Waals surface area contributed by atoms with Crippen molar-refractivity contribution in [3.05, 3.63) is 82.7 Å². The third-order valence-electron chi connectivity index (χ3n) is 4.82. The fourth-order valence-corrected chi connectivity index (χ4v) is 3.38. The lowest BCUT2D eigenvalue weighted by Crippen LogP contribution is -2.34. The van der Waals surface area contributed by atoms with E-state index in [2.05, 4.69) is 66.3 Å². The van der Waals surface area contributed by atoms with Gasteiger partial charge in [-0.15, -0.1) is 0 Å². The molecule has 0 saturated carbocycles. The summed E-state index contributed by atoms with van der Waals surface area (Å²) in [7, 11) is 1.63. The van der Waals surface area contributed by atoms with E-state index in [1.165, 1.54) is 5.56 Å². The third-order valence-corrected chi connectivity index (χ3v) is 4.82. The van der Waals surface area contributed by atoms with E-state index in [1.807, 2.05) is 24.3 Å². The van der Waals surface area contributed by atoms with Gasteiger partial charge in [0.25, 0.3) is 0 Å². The molecule has 2 aromatic carbocycles. The Hall–Kier alpha value is -3.21. The van der Waals surface area contributed by atoms with Gasteiger partial charge in [-0.05, 0) is 67.8 Å². The SMILES string of the molecule is COc1cccc(CNC(=O)NCc2cc(C)n(-c3cccc(C)c3)c2C)c1. The minimum Gasteiger partial charge on any atom is -0.497 e. The molecule has 3 rings (SSSR count). The normalized spacial score (nSPS) is 10.6. The van der Waals surface area contributed by atoms with E-state index in [1.54, 1.807) is 7.11 Å². The van der Waals surface area contributed by atoms with E-state index in [0.29, 0.717) is 13.1 Å². The largest absolute Gasteiger partial charge is 0.497 e. The molecule has 5 heteroatoms. The van der Waals surface area contributed by atoms with Gasteiger partial charge >= 0.3 is 6.03 Å². The van der Waals surface area contributed by atoms with Gasteiger partial charge in [0.2, 0.25) is 0 Å². The fraction of sp³-hybridized carbons (Fsp3) is 0.261. The van der Waals surface area contributed by atoms with Crippen LogP contribution in [0.5, 0.6) is 5.75 Å². The molecular formula is C23H27N3O2. The molecule has 0 saturated heterocycles. The summed E-state index contributed by atoms with van der Waals surface area (Å²) in [6.45, 7) is 7.19. The molecule has 0 aliphatic rings. The van der Waals surface area contributed by atoms with Gasteiger partial charge in [-0.1, -0.05) is 24.3 Å². The molecule has 0 spiro atoms. The van der Waals surface area contributed by atoms with E-state index < -0.39 is 0 Å². The Kier molecular flexibility index (Phi) is 6.04. The molecule has 0 radical (unpaired) electrons. The second-order valence-electron chi connectivity index (χ2n) is 6.96. The van der Waals surface area contributed by atoms with Crippen molar-refractivity contribution in [2.24, 2.45) is 0 Å². The highest BCUT2D eigenvalue weighted by Gasteiger charge is 2.11. The highest BCUT2D eigenvalue weighted by atomic mass is 16.5. The molecule has 28 heavy (non-hydrogen) atoms. The van der Waals surface area contributed by atoms with E-state index >= 15 is 0 Å². The fourth-order valence-electron chi connectivity index (χ4n) is 3.38. The number of aromatic nitrogens is 1. The van der Waals surface area contributed by atoms with Crippen molar-refractivity contribution in [1.29, 1.82) is 0 Å². The van der Waals surface area contributed by atoms with Gasteiger partial charge in [0.05, 0.1) is 7.11 Å². The van der Waals surface area contributed by atoms with Crippen LogP contribution in [0, 0.1) is 20.8 Å². The van der Waals surface area contributed by atoms with Gasteiger partial charge in [-0.2, -0.15) is 0 Å². The van der Waals surface area contributed by atoms with Crippen molar-refractivity contribution >= 4 is 6.03 Å². The Morgan fingerprint density at radius 3 is 2.46 bits per heavy atom. The van der Waals surface area contributed by atoms with Crippen molar-refractivity contribution < 1.29 is 9.53 Å². The first-order valence-corrected chi connectivity index (χ1v) is 9.37. The lowest BCUT2D eigenvalue weighted by molar-refractivity contribution is 0.240. The Bertz CT molecular complexity index is 976. The molecule has 5 nitrogen and oxygen atoms in total. The zero-order valence-electron chi connectivity index (χ0n) is 16.9. The van der Waals surface area contributed by atoms with Gasteiger partial charge in [-0.25, -0.2) is 4.79 Å². The lowest BCUT2D eigenvalue weighted by atomic mass is 10.2. The number of urea groups is 1. The number of methoxy groups -OCH3 is 1. The van der Waals surface area contributed by atoms with Crippen LogP contribution in [0.15, 0.2) is 54.6 Å². The highest BCUT2D eigenvalue weighted by molar-refractivity contribution is 5.73. The van der Waals surface area contributed by atoms with Crippen LogP contribution >= 0.6 is 0 Å². The minimum atomic E-state index is -0.192. The van der Waals surface area contributed by atoms with Crippen molar-refractivity contribution in [1.82, 2.24) is 15.2 Å². The predicted octanol–water partition coefficient (Wildman–Crippen LogP) is 4.41. The number of amides is 2. The Morgan fingerprint density at radius 2 is 1.71 bits per heavy atom. The number of hydrogen-bond acceptors (Lipinski definition) is 2. The Balaban J connectivity index is 1.61. The number of aryl methyl sites for hydroxylation is 2. The third kappa shape index (κ3) is 4.55. The molecule has 2 amide bonds. The number of carbonyl (C=O) groups excluding carboxylic acids is 1. The second-order valence-corrected chi connectivity index (χ2v) is 6.96. The topological polar surface area (TPSA) is 55.3 Å². The summed E-state index contributed by atoms with van der Waals surface area (Å²) in [5.74, 6) is 0.781. The van der Waals surface area contributed by atoms with E-state index in [9.17, 15) is 4.79 Å². The van der Waals surface area contributed by atoms with Gasteiger partial charge in [0, 0.05) is 30.2 Å². The Morgan fingerprint density at radius 1 is 0.964 bits per heavy atom. The number of hydrogen-bond donors (Lipinski definition) is 2. The van der Waals surface area contributed by atoms with Crippen molar-refractivity contribution in [2.75, 3.05) is 7.11 Å². The maximum atomic E-state index is 12.2. The maximum Gasteiger partial charge on any atom is 0.315 e. The van der Waals surface area contributed by atoms with Crippen LogP contribution in [0.4, 0.5) is 4.79 Å². The summed E-state index contributed by atoms with van der Waals surface area (Å²) < 4.78 is 7.43.